The van der Waals surface area contributed by atoms with Crippen LogP contribution in [0.25, 0.3) is 0 Å². The molecule has 2 rings (SSSR count). The van der Waals surface area contributed by atoms with E-state index >= 15 is 0 Å². The highest BCUT2D eigenvalue weighted by Crippen LogP contribution is 2.32. The van der Waals surface area contributed by atoms with Crippen molar-refractivity contribution >= 4 is 15.9 Å². The van der Waals surface area contributed by atoms with Crippen molar-refractivity contribution in [1.29, 1.82) is 0 Å². The number of aromatic nitrogens is 2. The SMILES string of the molecule is CCCN(CCC)S(=O)(=O)N(c1cnn(C)c1)[C@H](C)c1cccc(OC)c1. The molecule has 0 unspecified atom stereocenters. The molecule has 7 nitrogen and oxygen atoms in total. The summed E-state index contributed by atoms with van der Waals surface area (Å²) in [5, 5.41) is 4.18. The molecule has 150 valence electrons. The van der Waals surface area contributed by atoms with E-state index in [1.54, 1.807) is 35.5 Å². The van der Waals surface area contributed by atoms with Gasteiger partial charge in [-0.05, 0) is 37.5 Å². The van der Waals surface area contributed by atoms with Gasteiger partial charge in [-0.2, -0.15) is 17.8 Å². The van der Waals surface area contributed by atoms with Gasteiger partial charge in [0, 0.05) is 26.3 Å². The van der Waals surface area contributed by atoms with Gasteiger partial charge in [-0.1, -0.05) is 26.0 Å². The van der Waals surface area contributed by atoms with E-state index < -0.39 is 16.3 Å². The largest absolute Gasteiger partial charge is 0.497 e. The minimum absolute atomic E-state index is 0.412. The number of nitrogens with zero attached hydrogens (tertiary/aromatic N) is 4. The summed E-state index contributed by atoms with van der Waals surface area (Å²) in [6.45, 7) is 6.82. The number of aryl methyl sites for hydroxylation is 1. The van der Waals surface area contributed by atoms with Crippen molar-refractivity contribution in [2.24, 2.45) is 7.05 Å². The van der Waals surface area contributed by atoms with Crippen LogP contribution in [0.4, 0.5) is 5.69 Å². The summed E-state index contributed by atoms with van der Waals surface area (Å²) in [5.74, 6) is 0.696. The fraction of sp³-hybridized carbons (Fsp3) is 0.526. The summed E-state index contributed by atoms with van der Waals surface area (Å²) in [6.07, 6.45) is 4.83. The third-order valence-electron chi connectivity index (χ3n) is 4.39. The van der Waals surface area contributed by atoms with Gasteiger partial charge >= 0.3 is 10.2 Å². The second-order valence-electron chi connectivity index (χ2n) is 6.53. The maximum atomic E-state index is 13.6. The highest BCUT2D eigenvalue weighted by Gasteiger charge is 2.34. The molecule has 0 aliphatic carbocycles. The predicted molar refractivity (Wildman–Crippen MR) is 108 cm³/mol. The predicted octanol–water partition coefficient (Wildman–Crippen LogP) is 3.36. The molecule has 0 radical (unpaired) electrons. The Balaban J connectivity index is 2.53. The van der Waals surface area contributed by atoms with Gasteiger partial charge in [-0.25, -0.2) is 4.31 Å². The first-order valence-electron chi connectivity index (χ1n) is 9.27. The molecule has 0 bridgehead atoms. The smallest absolute Gasteiger partial charge is 0.304 e. The van der Waals surface area contributed by atoms with E-state index in [1.165, 1.54) is 4.31 Å². The van der Waals surface area contributed by atoms with Crippen LogP contribution in [0.3, 0.4) is 0 Å². The van der Waals surface area contributed by atoms with Gasteiger partial charge in [0.05, 0.1) is 25.0 Å². The Morgan fingerprint density at radius 3 is 2.41 bits per heavy atom. The zero-order valence-corrected chi connectivity index (χ0v) is 17.6. The number of hydrogen-bond donors (Lipinski definition) is 0. The van der Waals surface area contributed by atoms with Gasteiger partial charge < -0.3 is 4.74 Å². The Morgan fingerprint density at radius 1 is 1.22 bits per heavy atom. The molecular weight excluding hydrogens is 364 g/mol. The first-order valence-corrected chi connectivity index (χ1v) is 10.7. The third-order valence-corrected chi connectivity index (χ3v) is 6.44. The van der Waals surface area contributed by atoms with Gasteiger partial charge in [0.25, 0.3) is 0 Å². The molecule has 8 heteroatoms. The Hall–Kier alpha value is -2.06. The second-order valence-corrected chi connectivity index (χ2v) is 8.33. The lowest BCUT2D eigenvalue weighted by atomic mass is 10.1. The Labute approximate surface area is 162 Å². The summed E-state index contributed by atoms with van der Waals surface area (Å²) >= 11 is 0. The van der Waals surface area contributed by atoms with Gasteiger partial charge in [0.1, 0.15) is 5.75 Å². The molecule has 2 aromatic rings. The summed E-state index contributed by atoms with van der Waals surface area (Å²) in [7, 11) is -0.343. The molecule has 1 aromatic carbocycles. The van der Waals surface area contributed by atoms with Crippen LogP contribution < -0.4 is 9.04 Å². The van der Waals surface area contributed by atoms with E-state index in [9.17, 15) is 8.42 Å². The molecule has 0 saturated heterocycles. The van der Waals surface area contributed by atoms with Crippen LogP contribution in [-0.4, -0.2) is 42.7 Å². The Kier molecular flexibility index (Phi) is 7.26. The number of ether oxygens (including phenoxy) is 1. The van der Waals surface area contributed by atoms with Crippen LogP contribution in [0.5, 0.6) is 5.75 Å². The first-order chi connectivity index (χ1) is 12.8. The van der Waals surface area contributed by atoms with Crippen LogP contribution >= 0.6 is 0 Å². The molecule has 0 aliphatic heterocycles. The average molecular weight is 395 g/mol. The second kappa shape index (κ2) is 9.23. The van der Waals surface area contributed by atoms with Crippen LogP contribution in [0.15, 0.2) is 36.7 Å². The molecule has 1 atom stereocenters. The van der Waals surface area contributed by atoms with E-state index in [2.05, 4.69) is 5.10 Å². The quantitative estimate of drug-likeness (QED) is 0.620. The fourth-order valence-corrected chi connectivity index (χ4v) is 5.04. The zero-order chi connectivity index (χ0) is 20.0. The Morgan fingerprint density at radius 2 is 1.89 bits per heavy atom. The molecule has 27 heavy (non-hydrogen) atoms. The highest BCUT2D eigenvalue weighted by molar-refractivity contribution is 7.90. The van der Waals surface area contributed by atoms with Crippen LogP contribution in [0.1, 0.15) is 45.2 Å². The third kappa shape index (κ3) is 4.81. The van der Waals surface area contributed by atoms with Gasteiger partial charge in [0.2, 0.25) is 0 Å². The van der Waals surface area contributed by atoms with E-state index in [4.69, 9.17) is 4.74 Å². The fourth-order valence-electron chi connectivity index (χ4n) is 3.08. The first kappa shape index (κ1) is 21.2. The molecule has 0 aliphatic rings. The molecule has 1 heterocycles. The summed E-state index contributed by atoms with van der Waals surface area (Å²) in [6, 6.07) is 7.09. The van der Waals surface area contributed by atoms with Crippen molar-refractivity contribution in [2.45, 2.75) is 39.7 Å². The van der Waals surface area contributed by atoms with Crippen molar-refractivity contribution in [2.75, 3.05) is 24.5 Å². The summed E-state index contributed by atoms with van der Waals surface area (Å²) in [5.41, 5.74) is 1.40. The van der Waals surface area contributed by atoms with Crippen molar-refractivity contribution < 1.29 is 13.2 Å². The lowest BCUT2D eigenvalue weighted by molar-refractivity contribution is 0.404. The summed E-state index contributed by atoms with van der Waals surface area (Å²) < 4.78 is 37.1. The minimum Gasteiger partial charge on any atom is -0.497 e. The minimum atomic E-state index is -3.72. The maximum absolute atomic E-state index is 13.6. The monoisotopic (exact) mass is 394 g/mol. The molecule has 0 spiro atoms. The van der Waals surface area contributed by atoms with E-state index in [-0.39, 0.29) is 0 Å². The van der Waals surface area contributed by atoms with Crippen molar-refractivity contribution in [3.05, 3.63) is 42.2 Å². The zero-order valence-electron chi connectivity index (χ0n) is 16.8. The van der Waals surface area contributed by atoms with Gasteiger partial charge in [-0.3, -0.25) is 4.68 Å². The molecule has 0 fully saturated rings. The van der Waals surface area contributed by atoms with Crippen molar-refractivity contribution in [3.8, 4) is 5.75 Å². The summed E-state index contributed by atoms with van der Waals surface area (Å²) in [4.78, 5) is 0. The number of hydrogen-bond acceptors (Lipinski definition) is 4. The molecule has 1 aromatic heterocycles. The number of anilines is 1. The maximum Gasteiger partial charge on any atom is 0.304 e. The molecule has 0 saturated carbocycles. The molecule has 0 N–H and O–H groups in total. The van der Waals surface area contributed by atoms with Crippen LogP contribution in [0, 0.1) is 0 Å². The number of benzene rings is 1. The topological polar surface area (TPSA) is 67.7 Å². The van der Waals surface area contributed by atoms with E-state index in [0.717, 1.165) is 18.4 Å². The normalized spacial score (nSPS) is 13.0. The molecular formula is C19H30N4O3S. The average Bonchev–Trinajstić information content (AvgIpc) is 3.07. The van der Waals surface area contributed by atoms with E-state index in [0.29, 0.717) is 24.5 Å². The van der Waals surface area contributed by atoms with Crippen molar-refractivity contribution in [1.82, 2.24) is 14.1 Å². The number of methoxy groups -OCH3 is 1. The highest BCUT2D eigenvalue weighted by atomic mass is 32.2. The molecule has 0 amide bonds. The lowest BCUT2D eigenvalue weighted by Crippen LogP contribution is -2.45. The van der Waals surface area contributed by atoms with Crippen LogP contribution in [-0.2, 0) is 17.3 Å². The number of rotatable bonds is 10. The van der Waals surface area contributed by atoms with Gasteiger partial charge in [0.15, 0.2) is 0 Å². The van der Waals surface area contributed by atoms with Crippen LogP contribution in [0.2, 0.25) is 0 Å². The van der Waals surface area contributed by atoms with Gasteiger partial charge in [-0.15, -0.1) is 0 Å². The van der Waals surface area contributed by atoms with Crippen molar-refractivity contribution in [3.63, 3.8) is 0 Å². The Bertz CT molecular complexity index is 829. The van der Waals surface area contributed by atoms with E-state index in [1.807, 2.05) is 45.0 Å². The standard InChI is InChI=1S/C19H30N4O3S/c1-6-11-22(12-7-2)27(24,25)23(18-14-20-21(4)15-18)16(3)17-9-8-10-19(13-17)26-5/h8-10,13-16H,6-7,11-12H2,1-5H3/t16-/m1/s1. The lowest BCUT2D eigenvalue weighted by Gasteiger charge is -2.34.